The van der Waals surface area contributed by atoms with E-state index in [9.17, 15) is 0 Å². The molecule has 0 amide bonds. The molecule has 0 aliphatic heterocycles. The van der Waals surface area contributed by atoms with Crippen molar-refractivity contribution in [3.63, 3.8) is 0 Å². The monoisotopic (exact) mass is 212 g/mol. The quantitative estimate of drug-likeness (QED) is 0.794. The molecule has 0 aliphatic rings. The van der Waals surface area contributed by atoms with Crippen LogP contribution in [0.4, 0.5) is 0 Å². The lowest BCUT2D eigenvalue weighted by molar-refractivity contribution is 0.0113. The first-order chi connectivity index (χ1) is 6.94. The minimum absolute atomic E-state index is 0.110. The Morgan fingerprint density at radius 1 is 1.60 bits per heavy atom. The van der Waals surface area contributed by atoms with Crippen molar-refractivity contribution in [2.75, 3.05) is 7.11 Å². The highest BCUT2D eigenvalue weighted by Gasteiger charge is 2.16. The molecule has 0 bridgehead atoms. The van der Waals surface area contributed by atoms with Gasteiger partial charge >= 0.3 is 0 Å². The van der Waals surface area contributed by atoms with Gasteiger partial charge < -0.3 is 10.5 Å². The number of nitrogens with zero attached hydrogens (tertiary/aromatic N) is 3. The Bertz CT molecular complexity index is 306. The van der Waals surface area contributed by atoms with Crippen LogP contribution in [0.25, 0.3) is 0 Å². The van der Waals surface area contributed by atoms with Crippen molar-refractivity contribution in [1.82, 2.24) is 14.8 Å². The molecule has 5 heteroatoms. The Labute approximate surface area is 90.6 Å². The van der Waals surface area contributed by atoms with Crippen LogP contribution in [-0.2, 0) is 11.3 Å². The lowest BCUT2D eigenvalue weighted by Crippen LogP contribution is -2.24. The molecule has 1 rings (SSSR count). The fourth-order valence-electron chi connectivity index (χ4n) is 1.11. The van der Waals surface area contributed by atoms with Crippen LogP contribution in [0.15, 0.2) is 6.33 Å². The summed E-state index contributed by atoms with van der Waals surface area (Å²) in [6.45, 7) is 6.77. The molecule has 0 aromatic carbocycles. The van der Waals surface area contributed by atoms with Crippen LogP contribution >= 0.6 is 0 Å². The SMILES string of the molecule is COC(C)(C)CCn1cnc(C(C)N)n1. The molecule has 0 fully saturated rings. The summed E-state index contributed by atoms with van der Waals surface area (Å²) in [5, 5.41) is 4.27. The topological polar surface area (TPSA) is 66.0 Å². The predicted molar refractivity (Wildman–Crippen MR) is 58.3 cm³/mol. The van der Waals surface area contributed by atoms with Crippen molar-refractivity contribution >= 4 is 0 Å². The van der Waals surface area contributed by atoms with Crippen LogP contribution in [0.1, 0.15) is 39.1 Å². The van der Waals surface area contributed by atoms with Gasteiger partial charge in [0.15, 0.2) is 5.82 Å². The van der Waals surface area contributed by atoms with Crippen molar-refractivity contribution in [3.05, 3.63) is 12.2 Å². The Morgan fingerprint density at radius 2 is 2.27 bits per heavy atom. The summed E-state index contributed by atoms with van der Waals surface area (Å²) in [6, 6.07) is -0.110. The van der Waals surface area contributed by atoms with Gasteiger partial charge in [0.1, 0.15) is 6.33 Å². The molecule has 15 heavy (non-hydrogen) atoms. The van der Waals surface area contributed by atoms with Crippen molar-refractivity contribution in [1.29, 1.82) is 0 Å². The van der Waals surface area contributed by atoms with Crippen LogP contribution in [0.2, 0.25) is 0 Å². The summed E-state index contributed by atoms with van der Waals surface area (Å²) < 4.78 is 7.13. The largest absolute Gasteiger partial charge is 0.379 e. The first kappa shape index (κ1) is 12.1. The van der Waals surface area contributed by atoms with Gasteiger partial charge in [0.2, 0.25) is 0 Å². The van der Waals surface area contributed by atoms with Crippen LogP contribution in [0, 0.1) is 0 Å². The second kappa shape index (κ2) is 4.72. The number of methoxy groups -OCH3 is 1. The maximum Gasteiger partial charge on any atom is 0.166 e. The number of aryl methyl sites for hydroxylation is 1. The minimum atomic E-state index is -0.125. The van der Waals surface area contributed by atoms with Gasteiger partial charge in [-0.15, -0.1) is 0 Å². The van der Waals surface area contributed by atoms with Crippen LogP contribution in [-0.4, -0.2) is 27.5 Å². The molecular weight excluding hydrogens is 192 g/mol. The third-order valence-corrected chi connectivity index (χ3v) is 2.46. The Kier molecular flexibility index (Phi) is 3.82. The van der Waals surface area contributed by atoms with Crippen molar-refractivity contribution in [2.24, 2.45) is 5.73 Å². The Morgan fingerprint density at radius 3 is 2.73 bits per heavy atom. The summed E-state index contributed by atoms with van der Waals surface area (Å²) in [5.74, 6) is 0.685. The fourth-order valence-corrected chi connectivity index (χ4v) is 1.11. The average molecular weight is 212 g/mol. The zero-order valence-corrected chi connectivity index (χ0v) is 9.90. The Balaban J connectivity index is 2.51. The summed E-state index contributed by atoms with van der Waals surface area (Å²) >= 11 is 0. The molecule has 0 aliphatic carbocycles. The van der Waals surface area contributed by atoms with Gasteiger partial charge in [0.05, 0.1) is 11.6 Å². The molecule has 2 N–H and O–H groups in total. The number of hydrogen-bond donors (Lipinski definition) is 1. The van der Waals surface area contributed by atoms with Gasteiger partial charge in [-0.05, 0) is 27.2 Å². The van der Waals surface area contributed by atoms with Gasteiger partial charge in [-0.2, -0.15) is 5.10 Å². The van der Waals surface area contributed by atoms with Crippen LogP contribution < -0.4 is 5.73 Å². The van der Waals surface area contributed by atoms with Crippen LogP contribution in [0.5, 0.6) is 0 Å². The van der Waals surface area contributed by atoms with Crippen molar-refractivity contribution in [3.8, 4) is 0 Å². The van der Waals surface area contributed by atoms with E-state index >= 15 is 0 Å². The smallest absolute Gasteiger partial charge is 0.166 e. The van der Waals surface area contributed by atoms with E-state index in [1.807, 2.05) is 6.92 Å². The summed E-state index contributed by atoms with van der Waals surface area (Å²) in [4.78, 5) is 4.13. The molecule has 0 radical (unpaired) electrons. The summed E-state index contributed by atoms with van der Waals surface area (Å²) in [6.07, 6.45) is 2.61. The first-order valence-corrected chi connectivity index (χ1v) is 5.15. The standard InChI is InChI=1S/C10H20N4O/c1-8(11)9-12-7-14(13-9)6-5-10(2,3)15-4/h7-8H,5-6,11H2,1-4H3. The number of rotatable bonds is 5. The van der Waals surface area contributed by atoms with E-state index in [1.165, 1.54) is 0 Å². The van der Waals surface area contributed by atoms with Crippen LogP contribution in [0.3, 0.4) is 0 Å². The first-order valence-electron chi connectivity index (χ1n) is 5.15. The minimum Gasteiger partial charge on any atom is -0.379 e. The highest BCUT2D eigenvalue weighted by atomic mass is 16.5. The summed E-state index contributed by atoms with van der Waals surface area (Å²) in [7, 11) is 1.72. The van der Waals surface area contributed by atoms with E-state index in [4.69, 9.17) is 10.5 Å². The maximum absolute atomic E-state index is 5.67. The van der Waals surface area contributed by atoms with Gasteiger partial charge in [-0.3, -0.25) is 4.68 Å². The zero-order chi connectivity index (χ0) is 11.5. The maximum atomic E-state index is 5.67. The molecule has 0 spiro atoms. The molecule has 86 valence electrons. The number of hydrogen-bond acceptors (Lipinski definition) is 4. The fraction of sp³-hybridized carbons (Fsp3) is 0.800. The van der Waals surface area contributed by atoms with Crippen molar-refractivity contribution < 1.29 is 4.74 Å². The molecule has 1 unspecified atom stereocenters. The molecule has 0 saturated carbocycles. The molecule has 5 nitrogen and oxygen atoms in total. The predicted octanol–water partition coefficient (Wildman–Crippen LogP) is 1.11. The molecule has 0 saturated heterocycles. The van der Waals surface area contributed by atoms with Crippen molar-refractivity contribution in [2.45, 2.75) is 45.4 Å². The molecule has 1 aromatic heterocycles. The second-order valence-corrected chi connectivity index (χ2v) is 4.37. The van der Waals surface area contributed by atoms with E-state index in [0.29, 0.717) is 5.82 Å². The van der Waals surface area contributed by atoms with E-state index < -0.39 is 0 Å². The van der Waals surface area contributed by atoms with Gasteiger partial charge in [0, 0.05) is 13.7 Å². The molecule has 1 atom stereocenters. The molecule has 1 heterocycles. The van der Waals surface area contributed by atoms with E-state index in [1.54, 1.807) is 18.1 Å². The van der Waals surface area contributed by atoms with E-state index in [-0.39, 0.29) is 11.6 Å². The third kappa shape index (κ3) is 3.60. The van der Waals surface area contributed by atoms with E-state index in [2.05, 4.69) is 23.9 Å². The zero-order valence-electron chi connectivity index (χ0n) is 9.90. The van der Waals surface area contributed by atoms with Gasteiger partial charge in [-0.1, -0.05) is 0 Å². The second-order valence-electron chi connectivity index (χ2n) is 4.37. The lowest BCUT2D eigenvalue weighted by atomic mass is 10.1. The average Bonchev–Trinajstić information content (AvgIpc) is 2.63. The number of ether oxygens (including phenoxy) is 1. The number of aromatic nitrogens is 3. The Hall–Kier alpha value is -0.940. The molecule has 1 aromatic rings. The van der Waals surface area contributed by atoms with Gasteiger partial charge in [-0.25, -0.2) is 4.98 Å². The number of nitrogens with two attached hydrogens (primary N) is 1. The molecular formula is C10H20N4O. The normalized spacial score (nSPS) is 14.2. The highest BCUT2D eigenvalue weighted by molar-refractivity contribution is 4.87. The van der Waals surface area contributed by atoms with E-state index in [0.717, 1.165) is 13.0 Å². The summed E-state index contributed by atoms with van der Waals surface area (Å²) in [5.41, 5.74) is 5.55. The highest BCUT2D eigenvalue weighted by Crippen LogP contribution is 2.13. The lowest BCUT2D eigenvalue weighted by Gasteiger charge is -2.22. The third-order valence-electron chi connectivity index (χ3n) is 2.46. The van der Waals surface area contributed by atoms with Gasteiger partial charge in [0.25, 0.3) is 0 Å².